The summed E-state index contributed by atoms with van der Waals surface area (Å²) in [6.45, 7) is 25.6. The van der Waals surface area contributed by atoms with Gasteiger partial charge in [0.15, 0.2) is 0 Å². The quantitative estimate of drug-likeness (QED) is 0.0520. The van der Waals surface area contributed by atoms with Gasteiger partial charge >= 0.3 is 104 Å². The molecule has 0 amide bonds. The molecular formula is C106H93BrN24O4Pt2. The summed E-state index contributed by atoms with van der Waals surface area (Å²) in [4.78, 5) is 14.2. The number of phenols is 1. The molecule has 31 heteroatoms. The first-order valence-corrected chi connectivity index (χ1v) is 46.3. The van der Waals surface area contributed by atoms with Crippen LogP contribution in [-0.4, -0.2) is 68.6 Å². The third kappa shape index (κ3) is 22.0. The van der Waals surface area contributed by atoms with Gasteiger partial charge in [0.2, 0.25) is 0 Å². The van der Waals surface area contributed by atoms with Crippen LogP contribution in [0.25, 0.3) is 133 Å². The number of aromatic nitrogens is 12. The maximum Gasteiger partial charge on any atom is 2.00 e. The van der Waals surface area contributed by atoms with E-state index in [1.165, 1.54) is 43.9 Å². The van der Waals surface area contributed by atoms with Gasteiger partial charge in [-0.1, -0.05) is 211 Å². The van der Waals surface area contributed by atoms with Gasteiger partial charge in [0.1, 0.15) is 34.7 Å². The minimum absolute atomic E-state index is 0. The van der Waals surface area contributed by atoms with E-state index in [2.05, 4.69) is 344 Å². The summed E-state index contributed by atoms with van der Waals surface area (Å²) < 4.78 is 39.2. The first-order chi connectivity index (χ1) is 65.8. The van der Waals surface area contributed by atoms with Gasteiger partial charge in [-0.15, -0.1) is 35.7 Å². The SMILES string of the molecule is CC(C)(C)N=NN=NN=NN=NN=NN[N]=[Pt]=[O].CC(C)(C)c1ccnc(-n2c3[c-]c(Oc4[c-]c(-n5ncc6ccccc65)ccc4)ccc3c3ccccc32)c1.CC(C)(C)c1ccnc(-n2c3ccccc3c3ccc(Br)cc32)c1.CC(C)(C)c1ccnc(-n2c3ccccc3c3ccc(Oc4cccc(-n5ncc6ccccc65)c4)cc32)c1.Oc1cccc(-n2ncc3ccccc32)c1.[Pt+2]. The molecule has 0 saturated heterocycles. The molecule has 0 atom stereocenters. The van der Waals surface area contributed by atoms with Crippen molar-refractivity contribution in [1.29, 1.82) is 0 Å². The molecule has 0 fully saturated rings. The van der Waals surface area contributed by atoms with Crippen LogP contribution in [0.4, 0.5) is 0 Å². The van der Waals surface area contributed by atoms with Crippen LogP contribution in [0.15, 0.2) is 395 Å². The Morgan fingerprint density at radius 2 is 0.781 bits per heavy atom. The van der Waals surface area contributed by atoms with Gasteiger partial charge in [-0.05, 0) is 186 Å². The third-order valence-electron chi connectivity index (χ3n) is 22.1. The summed E-state index contributed by atoms with van der Waals surface area (Å²) in [5.74, 6) is 5.70. The summed E-state index contributed by atoms with van der Waals surface area (Å²) in [5.41, 5.74) is 17.8. The molecule has 0 bridgehead atoms. The van der Waals surface area contributed by atoms with Crippen LogP contribution in [0.1, 0.15) is 99.8 Å². The van der Waals surface area contributed by atoms with E-state index in [-0.39, 0.29) is 48.6 Å². The van der Waals surface area contributed by atoms with Crippen LogP contribution < -0.4 is 15.0 Å². The number of phenolic OH excluding ortho intramolecular Hbond substituents is 1. The van der Waals surface area contributed by atoms with Gasteiger partial charge in [-0.2, -0.15) is 27.4 Å². The Bertz CT molecular complexity index is 7890. The molecule has 0 radical (unpaired) electrons. The molecule has 0 aliphatic carbocycles. The van der Waals surface area contributed by atoms with Crippen LogP contribution in [0, 0.1) is 12.1 Å². The maximum absolute atomic E-state index is 9.91. The molecule has 0 saturated carbocycles. The van der Waals surface area contributed by atoms with E-state index in [0.29, 0.717) is 11.5 Å². The Morgan fingerprint density at radius 3 is 1.31 bits per heavy atom. The minimum Gasteiger partial charge on any atom is -0.509 e. The Balaban J connectivity index is 0.000000130. The normalized spacial score (nSPS) is 12.0. The van der Waals surface area contributed by atoms with Crippen molar-refractivity contribution in [3.05, 3.63) is 368 Å². The molecule has 0 spiro atoms. The largest absolute Gasteiger partial charge is 2.00 e. The molecule has 21 rings (SSSR count). The fourth-order valence-electron chi connectivity index (χ4n) is 15.7. The van der Waals surface area contributed by atoms with Crippen molar-refractivity contribution in [2.24, 2.45) is 55.7 Å². The first-order valence-electron chi connectivity index (χ1n) is 43.6. The molecule has 0 aliphatic heterocycles. The number of nitrogens with one attached hydrogen (secondary N) is 1. The van der Waals surface area contributed by atoms with Gasteiger partial charge in [-0.25, -0.2) is 24.3 Å². The number of benzene rings is 12. The number of aromatic hydroxyl groups is 1. The maximum atomic E-state index is 9.91. The number of fused-ring (bicyclic) bond motifs is 12. The van der Waals surface area contributed by atoms with E-state index in [9.17, 15) is 8.50 Å². The van der Waals surface area contributed by atoms with Crippen LogP contribution in [0.5, 0.6) is 28.7 Å². The second kappa shape index (κ2) is 41.6. The predicted molar refractivity (Wildman–Crippen MR) is 533 cm³/mol. The zero-order valence-corrected chi connectivity index (χ0v) is 82.9. The number of hydrogen-bond acceptors (Lipinski definition) is 13. The molecule has 21 aromatic rings. The number of halogens is 1. The fraction of sp³-hybridized carbons (Fsp3) is 0.151. The Kier molecular flexibility index (Phi) is 28.8. The molecule has 0 unspecified atom stereocenters. The number of hydrogen-bond donors (Lipinski definition) is 2. The number of para-hydroxylation sites is 6. The van der Waals surface area contributed by atoms with Gasteiger partial charge in [0.25, 0.3) is 0 Å². The second-order valence-corrected chi connectivity index (χ2v) is 37.6. The number of rotatable bonds is 16. The summed E-state index contributed by atoms with van der Waals surface area (Å²) in [7, 11) is 0. The minimum atomic E-state index is -1.50. The summed E-state index contributed by atoms with van der Waals surface area (Å²) in [5, 5.41) is 65.3. The van der Waals surface area contributed by atoms with E-state index in [1.54, 1.807) is 18.2 Å². The van der Waals surface area contributed by atoms with Crippen molar-refractivity contribution < 1.29 is 57.4 Å². The van der Waals surface area contributed by atoms with E-state index in [1.807, 2.05) is 193 Å². The van der Waals surface area contributed by atoms with Crippen LogP contribution in [0.3, 0.4) is 0 Å². The topological polar surface area (TPSA) is 311 Å². The fourth-order valence-corrected chi connectivity index (χ4v) is 16.2. The number of ether oxygens (including phenoxy) is 2. The standard InChI is InChI=1S/C34H28N4O.C34H26N4O.C21H19BrN2.C13H10N2O.C4H10N12.O.2Pt/c2*1-34(2,3)24-17-18-35-33(19-24)37-31-14-7-5-12-28(31)29-16-15-27(21-32(29)37)39-26-11-8-10-25(20-26)38-30-13-6-4-9-23(30)22-36-38;1-21(2,3)14-10-11-23-20(12-14)24-18-7-5-4-6-16(18)17-9-8-15(22)13-19(17)24;16-12-6-3-5-11(8-12)15-13-7-2-1-4-10(13)9-14-15;1-4(2,3)6-8-10-12-14-16-15-13-11-9-7-5;;;/h4-22H,1-3H3;4-19,22H,1-3H3;4-13H,1-3H3;1-9,16H;1-3H3,(H,6,7,10,11,14,15);;;/q;-2;;;;;;+2. The zero-order valence-electron chi connectivity index (χ0n) is 76.7. The van der Waals surface area contributed by atoms with Crippen LogP contribution in [0.2, 0.25) is 0 Å². The van der Waals surface area contributed by atoms with Crippen molar-refractivity contribution in [2.45, 2.75) is 105 Å². The van der Waals surface area contributed by atoms with Gasteiger partial charge in [-0.3, -0.25) is 13.8 Å². The first kappa shape index (κ1) is 94.7. The van der Waals surface area contributed by atoms with Gasteiger partial charge in [0.05, 0.1) is 74.1 Å². The monoisotopic (exact) mass is 2230 g/mol. The molecule has 137 heavy (non-hydrogen) atoms. The van der Waals surface area contributed by atoms with Crippen molar-refractivity contribution in [2.75, 3.05) is 0 Å². The second-order valence-electron chi connectivity index (χ2n) is 35.7. The van der Waals surface area contributed by atoms with Crippen molar-refractivity contribution in [1.82, 2.24) is 63.5 Å². The third-order valence-corrected chi connectivity index (χ3v) is 23.1. The Labute approximate surface area is 820 Å². The number of nitrogens with zero attached hydrogens (tertiary/aromatic N) is 23. The Hall–Kier alpha value is -15.4. The summed E-state index contributed by atoms with van der Waals surface area (Å²) >= 11 is 2.11. The van der Waals surface area contributed by atoms with Crippen LogP contribution in [-0.2, 0) is 59.1 Å². The molecule has 9 heterocycles. The average Bonchev–Trinajstić information content (AvgIpc) is 1.60. The molecule has 12 aromatic carbocycles. The molecule has 688 valence electrons. The molecular weight excluding hydrogens is 2140 g/mol. The van der Waals surface area contributed by atoms with Crippen molar-refractivity contribution >= 4 is 114 Å². The van der Waals surface area contributed by atoms with Gasteiger partial charge < -0.3 is 19.1 Å². The predicted octanol–water partition coefficient (Wildman–Crippen LogP) is 28.5. The smallest absolute Gasteiger partial charge is 0.509 e. The van der Waals surface area contributed by atoms with Gasteiger partial charge in [0, 0.05) is 96.0 Å². The molecule has 9 aromatic heterocycles. The van der Waals surface area contributed by atoms with Crippen LogP contribution >= 0.6 is 15.9 Å². The molecule has 0 aliphatic rings. The van der Waals surface area contributed by atoms with E-state index in [0.717, 1.165) is 121 Å². The average molecular weight is 2240 g/mol. The van der Waals surface area contributed by atoms with Crippen molar-refractivity contribution in [3.8, 4) is 63.3 Å². The van der Waals surface area contributed by atoms with E-state index < -0.39 is 18.3 Å². The van der Waals surface area contributed by atoms with E-state index in [4.69, 9.17) is 19.4 Å². The molecule has 28 nitrogen and oxygen atoms in total. The summed E-state index contributed by atoms with van der Waals surface area (Å²) in [6, 6.07) is 107. The zero-order chi connectivity index (χ0) is 94.7. The van der Waals surface area contributed by atoms with E-state index >= 15 is 0 Å². The Morgan fingerprint density at radius 1 is 0.365 bits per heavy atom. The summed E-state index contributed by atoms with van der Waals surface area (Å²) in [6.07, 6.45) is 11.3. The number of pyridine rings is 3. The van der Waals surface area contributed by atoms with Crippen molar-refractivity contribution in [3.63, 3.8) is 0 Å². The molecule has 2 N–H and O–H groups in total.